The molecule has 1 aliphatic rings. The first-order valence-electron chi connectivity index (χ1n) is 5.54. The monoisotopic (exact) mass is 224 g/mol. The highest BCUT2D eigenvalue weighted by Gasteiger charge is 2.23. The van der Waals surface area contributed by atoms with Crippen LogP contribution in [0.1, 0.15) is 48.6 Å². The van der Waals surface area contributed by atoms with Crippen molar-refractivity contribution in [2.75, 3.05) is 7.11 Å². The van der Waals surface area contributed by atoms with E-state index in [4.69, 9.17) is 9.15 Å². The first-order valence-corrected chi connectivity index (χ1v) is 5.54. The van der Waals surface area contributed by atoms with Gasteiger partial charge in [-0.1, -0.05) is 0 Å². The molecule has 0 radical (unpaired) electrons. The second-order valence-electron chi connectivity index (χ2n) is 4.02. The quantitative estimate of drug-likeness (QED) is 0.738. The molecular weight excluding hydrogens is 208 g/mol. The van der Waals surface area contributed by atoms with Crippen LogP contribution in [0.3, 0.4) is 0 Å². The number of esters is 1. The van der Waals surface area contributed by atoms with Gasteiger partial charge in [-0.25, -0.2) is 4.79 Å². The van der Waals surface area contributed by atoms with Crippen molar-refractivity contribution in [1.29, 1.82) is 0 Å². The first-order chi connectivity index (χ1) is 7.70. The first kappa shape index (κ1) is 11.2. The summed E-state index contributed by atoms with van der Waals surface area (Å²) in [4.78, 5) is 11.2. The number of hydrogen-bond acceptors (Lipinski definition) is 4. The van der Waals surface area contributed by atoms with Crippen molar-refractivity contribution in [2.24, 2.45) is 0 Å². The third-order valence-electron chi connectivity index (χ3n) is 2.86. The standard InChI is InChI=1S/C12H16O4/c1-8(15-9-4-3-5-9)10-6-7-11(16-10)12(13)14-2/h6-9H,3-5H2,1-2H3. The molecule has 0 spiro atoms. The van der Waals surface area contributed by atoms with Crippen LogP contribution in [0.5, 0.6) is 0 Å². The van der Waals surface area contributed by atoms with E-state index in [0.29, 0.717) is 11.9 Å². The second-order valence-corrected chi connectivity index (χ2v) is 4.02. The molecule has 0 N–H and O–H groups in total. The van der Waals surface area contributed by atoms with Gasteiger partial charge in [-0.15, -0.1) is 0 Å². The van der Waals surface area contributed by atoms with Crippen molar-refractivity contribution in [1.82, 2.24) is 0 Å². The van der Waals surface area contributed by atoms with Gasteiger partial charge in [-0.05, 0) is 38.3 Å². The summed E-state index contributed by atoms with van der Waals surface area (Å²) in [6.07, 6.45) is 3.72. The molecule has 0 amide bonds. The summed E-state index contributed by atoms with van der Waals surface area (Å²) in [5, 5.41) is 0. The Morgan fingerprint density at radius 1 is 1.50 bits per heavy atom. The molecule has 88 valence electrons. The maximum absolute atomic E-state index is 11.2. The average molecular weight is 224 g/mol. The molecule has 1 aromatic rings. The molecule has 0 bridgehead atoms. The fourth-order valence-corrected chi connectivity index (χ4v) is 1.64. The van der Waals surface area contributed by atoms with Crippen molar-refractivity contribution in [3.05, 3.63) is 23.7 Å². The largest absolute Gasteiger partial charge is 0.463 e. The Bertz CT molecular complexity index is 365. The Hall–Kier alpha value is -1.29. The highest BCUT2D eigenvalue weighted by Crippen LogP contribution is 2.29. The van der Waals surface area contributed by atoms with Crippen LogP contribution in [0.25, 0.3) is 0 Å². The number of methoxy groups -OCH3 is 1. The number of rotatable bonds is 4. The zero-order valence-electron chi connectivity index (χ0n) is 9.56. The lowest BCUT2D eigenvalue weighted by Crippen LogP contribution is -2.22. The van der Waals surface area contributed by atoms with E-state index in [2.05, 4.69) is 4.74 Å². The van der Waals surface area contributed by atoms with Crippen molar-refractivity contribution >= 4 is 5.97 Å². The topological polar surface area (TPSA) is 48.7 Å². The van der Waals surface area contributed by atoms with Crippen LogP contribution in [-0.4, -0.2) is 19.2 Å². The smallest absolute Gasteiger partial charge is 0.373 e. The molecule has 0 aromatic carbocycles. The van der Waals surface area contributed by atoms with E-state index < -0.39 is 5.97 Å². The summed E-state index contributed by atoms with van der Waals surface area (Å²) in [6.45, 7) is 1.93. The fraction of sp³-hybridized carbons (Fsp3) is 0.583. The van der Waals surface area contributed by atoms with E-state index in [-0.39, 0.29) is 11.9 Å². The summed E-state index contributed by atoms with van der Waals surface area (Å²) in [5.74, 6) is 0.441. The molecule has 1 fully saturated rings. The number of carbonyl (C=O) groups excluding carboxylic acids is 1. The van der Waals surface area contributed by atoms with Crippen LogP contribution >= 0.6 is 0 Å². The summed E-state index contributed by atoms with van der Waals surface area (Å²) in [7, 11) is 1.33. The van der Waals surface area contributed by atoms with Crippen LogP contribution in [-0.2, 0) is 9.47 Å². The predicted octanol–water partition coefficient (Wildman–Crippen LogP) is 2.70. The zero-order valence-corrected chi connectivity index (χ0v) is 9.56. The molecule has 16 heavy (non-hydrogen) atoms. The van der Waals surface area contributed by atoms with Gasteiger partial charge in [-0.3, -0.25) is 0 Å². The minimum Gasteiger partial charge on any atom is -0.463 e. The van der Waals surface area contributed by atoms with Gasteiger partial charge in [0, 0.05) is 0 Å². The van der Waals surface area contributed by atoms with Gasteiger partial charge in [0.2, 0.25) is 5.76 Å². The minimum atomic E-state index is -0.456. The number of hydrogen-bond donors (Lipinski definition) is 0. The van der Waals surface area contributed by atoms with Gasteiger partial charge in [0.05, 0.1) is 13.2 Å². The van der Waals surface area contributed by atoms with Crippen molar-refractivity contribution in [2.45, 2.75) is 38.4 Å². The summed E-state index contributed by atoms with van der Waals surface area (Å²) in [5.41, 5.74) is 0. The molecule has 1 saturated carbocycles. The molecule has 1 aromatic heterocycles. The SMILES string of the molecule is COC(=O)c1ccc(C(C)OC2CCC2)o1. The normalized spacial score (nSPS) is 17.9. The van der Waals surface area contributed by atoms with Gasteiger partial charge < -0.3 is 13.9 Å². The van der Waals surface area contributed by atoms with E-state index in [1.165, 1.54) is 13.5 Å². The molecular formula is C12H16O4. The van der Waals surface area contributed by atoms with E-state index >= 15 is 0 Å². The summed E-state index contributed by atoms with van der Waals surface area (Å²) < 4.78 is 15.7. The van der Waals surface area contributed by atoms with Gasteiger partial charge in [0.15, 0.2) is 0 Å². The summed E-state index contributed by atoms with van der Waals surface area (Å²) >= 11 is 0. The lowest BCUT2D eigenvalue weighted by molar-refractivity contribution is -0.0529. The Morgan fingerprint density at radius 2 is 2.25 bits per heavy atom. The Labute approximate surface area is 94.5 Å². The maximum atomic E-state index is 11.2. The van der Waals surface area contributed by atoms with Crippen molar-refractivity contribution in [3.8, 4) is 0 Å². The Morgan fingerprint density at radius 3 is 2.81 bits per heavy atom. The Kier molecular flexibility index (Phi) is 3.29. The van der Waals surface area contributed by atoms with Crippen LogP contribution < -0.4 is 0 Å². The van der Waals surface area contributed by atoms with Crippen LogP contribution in [0.2, 0.25) is 0 Å². The van der Waals surface area contributed by atoms with Gasteiger partial charge in [-0.2, -0.15) is 0 Å². The molecule has 4 nitrogen and oxygen atoms in total. The third-order valence-corrected chi connectivity index (χ3v) is 2.86. The highest BCUT2D eigenvalue weighted by atomic mass is 16.5. The zero-order chi connectivity index (χ0) is 11.5. The van der Waals surface area contributed by atoms with Crippen LogP contribution in [0.4, 0.5) is 0 Å². The van der Waals surface area contributed by atoms with E-state index in [0.717, 1.165) is 12.8 Å². The molecule has 0 aliphatic heterocycles. The minimum absolute atomic E-state index is 0.108. The molecule has 1 heterocycles. The molecule has 4 heteroatoms. The lowest BCUT2D eigenvalue weighted by atomic mass is 9.96. The van der Waals surface area contributed by atoms with E-state index in [1.54, 1.807) is 12.1 Å². The van der Waals surface area contributed by atoms with Crippen molar-refractivity contribution < 1.29 is 18.7 Å². The molecule has 1 unspecified atom stereocenters. The van der Waals surface area contributed by atoms with E-state index in [1.807, 2.05) is 6.92 Å². The van der Waals surface area contributed by atoms with Gasteiger partial charge in [0.1, 0.15) is 11.9 Å². The molecule has 0 saturated heterocycles. The predicted molar refractivity (Wildman–Crippen MR) is 57.2 cm³/mol. The molecule has 1 atom stereocenters. The maximum Gasteiger partial charge on any atom is 0.373 e. The number of carbonyl (C=O) groups is 1. The summed E-state index contributed by atoms with van der Waals surface area (Å²) in [6, 6.07) is 3.37. The van der Waals surface area contributed by atoms with Gasteiger partial charge in [0.25, 0.3) is 0 Å². The van der Waals surface area contributed by atoms with Gasteiger partial charge >= 0.3 is 5.97 Å². The molecule has 1 aliphatic carbocycles. The highest BCUT2D eigenvalue weighted by molar-refractivity contribution is 5.86. The second kappa shape index (κ2) is 4.70. The fourth-order valence-electron chi connectivity index (χ4n) is 1.64. The average Bonchev–Trinajstić information content (AvgIpc) is 2.71. The number of furan rings is 1. The van der Waals surface area contributed by atoms with E-state index in [9.17, 15) is 4.79 Å². The Balaban J connectivity index is 1.97. The third kappa shape index (κ3) is 2.27. The van der Waals surface area contributed by atoms with Crippen molar-refractivity contribution in [3.63, 3.8) is 0 Å². The van der Waals surface area contributed by atoms with Crippen LogP contribution in [0.15, 0.2) is 16.5 Å². The number of ether oxygens (including phenoxy) is 2. The lowest BCUT2D eigenvalue weighted by Gasteiger charge is -2.28. The molecule has 2 rings (SSSR count). The van der Waals surface area contributed by atoms with Crippen LogP contribution in [0, 0.1) is 0 Å².